The molecule has 5 aromatic carbocycles. The molecule has 3 heterocycles. The van der Waals surface area contributed by atoms with E-state index in [0.717, 1.165) is 5.46 Å². The number of hydrogen-bond acceptors (Lipinski definition) is 4. The summed E-state index contributed by atoms with van der Waals surface area (Å²) in [4.78, 5) is 0. The number of rotatable bonds is 3. The van der Waals surface area contributed by atoms with Gasteiger partial charge in [0.2, 0.25) is 0 Å². The Labute approximate surface area is 248 Å². The fourth-order valence-corrected chi connectivity index (χ4v) is 8.50. The summed E-state index contributed by atoms with van der Waals surface area (Å²) >= 11 is 3.74. The Morgan fingerprint density at radius 3 is 1.44 bits per heavy atom. The topological polar surface area (TPSA) is 18.5 Å². The molecule has 8 rings (SSSR count). The second kappa shape index (κ2) is 9.01. The predicted octanol–water partition coefficient (Wildman–Crippen LogP) is 10.1. The molecule has 0 unspecified atom stereocenters. The molecule has 41 heavy (non-hydrogen) atoms. The van der Waals surface area contributed by atoms with Crippen molar-refractivity contribution in [3.05, 3.63) is 103 Å². The van der Waals surface area contributed by atoms with Gasteiger partial charge in [-0.1, -0.05) is 84.9 Å². The lowest BCUT2D eigenvalue weighted by Crippen LogP contribution is -2.41. The number of benzene rings is 5. The molecule has 1 aliphatic rings. The third kappa shape index (κ3) is 3.91. The predicted molar refractivity (Wildman–Crippen MR) is 179 cm³/mol. The first kappa shape index (κ1) is 25.3. The molecule has 1 saturated heterocycles. The van der Waals surface area contributed by atoms with Crippen LogP contribution in [0.1, 0.15) is 27.7 Å². The molecule has 1 aliphatic heterocycles. The van der Waals surface area contributed by atoms with Gasteiger partial charge in [-0.05, 0) is 73.6 Å². The van der Waals surface area contributed by atoms with Crippen molar-refractivity contribution < 1.29 is 9.31 Å². The van der Waals surface area contributed by atoms with E-state index >= 15 is 0 Å². The molecule has 0 N–H and O–H groups in total. The molecule has 200 valence electrons. The Kier molecular flexibility index (Phi) is 5.55. The van der Waals surface area contributed by atoms with Crippen LogP contribution >= 0.6 is 22.7 Å². The first-order valence-corrected chi connectivity index (χ1v) is 15.7. The van der Waals surface area contributed by atoms with Crippen LogP contribution in [-0.2, 0) is 9.31 Å². The minimum Gasteiger partial charge on any atom is -0.399 e. The Bertz CT molecular complexity index is 1990. The van der Waals surface area contributed by atoms with E-state index in [-0.39, 0.29) is 0 Å². The zero-order chi connectivity index (χ0) is 27.9. The zero-order valence-corrected chi connectivity index (χ0v) is 25.2. The van der Waals surface area contributed by atoms with Crippen molar-refractivity contribution >= 4 is 75.6 Å². The Hall–Kier alpha value is -3.48. The van der Waals surface area contributed by atoms with Crippen molar-refractivity contribution in [2.24, 2.45) is 0 Å². The van der Waals surface area contributed by atoms with E-state index in [1.54, 1.807) is 0 Å². The number of fused-ring (bicyclic) bond motifs is 6. The number of thiophene rings is 2. The molecule has 2 aromatic heterocycles. The van der Waals surface area contributed by atoms with Crippen LogP contribution in [-0.4, -0.2) is 18.3 Å². The lowest BCUT2D eigenvalue weighted by molar-refractivity contribution is 0.00578. The van der Waals surface area contributed by atoms with Gasteiger partial charge in [-0.3, -0.25) is 0 Å². The van der Waals surface area contributed by atoms with E-state index in [9.17, 15) is 0 Å². The first-order chi connectivity index (χ1) is 19.8. The molecule has 2 nitrogen and oxygen atoms in total. The maximum Gasteiger partial charge on any atom is 0.494 e. The SMILES string of the molecule is CC1(C)OB(c2cc(-c3cccc4c3sc3ccccc34)cc(-c3cccc4c3sc3ccccc34)c2)OC1(C)C. The molecule has 0 bridgehead atoms. The van der Waals surface area contributed by atoms with E-state index in [1.807, 2.05) is 22.7 Å². The van der Waals surface area contributed by atoms with E-state index in [0.29, 0.717) is 0 Å². The van der Waals surface area contributed by atoms with Crippen LogP contribution in [0.5, 0.6) is 0 Å². The summed E-state index contributed by atoms with van der Waals surface area (Å²) in [5, 5.41) is 5.23. The maximum atomic E-state index is 6.59. The Morgan fingerprint density at radius 2 is 0.951 bits per heavy atom. The van der Waals surface area contributed by atoms with Crippen LogP contribution in [0.3, 0.4) is 0 Å². The Balaban J connectivity index is 1.39. The first-order valence-electron chi connectivity index (χ1n) is 14.1. The fourth-order valence-electron chi connectivity index (χ4n) is 6.03. The van der Waals surface area contributed by atoms with Crippen molar-refractivity contribution in [2.45, 2.75) is 38.9 Å². The summed E-state index contributed by atoms with van der Waals surface area (Å²) in [6, 6.07) is 37.7. The smallest absolute Gasteiger partial charge is 0.399 e. The molecule has 1 fully saturated rings. The van der Waals surface area contributed by atoms with Gasteiger partial charge in [0, 0.05) is 40.3 Å². The fraction of sp³-hybridized carbons (Fsp3) is 0.167. The molecule has 0 spiro atoms. The minimum atomic E-state index is -0.443. The molecule has 7 aromatic rings. The lowest BCUT2D eigenvalue weighted by Gasteiger charge is -2.32. The van der Waals surface area contributed by atoms with Crippen LogP contribution in [0.15, 0.2) is 103 Å². The van der Waals surface area contributed by atoms with Crippen molar-refractivity contribution in [1.29, 1.82) is 0 Å². The van der Waals surface area contributed by atoms with Crippen LogP contribution in [0, 0.1) is 0 Å². The third-order valence-electron chi connectivity index (χ3n) is 8.91. The summed E-state index contributed by atoms with van der Waals surface area (Å²) in [6.07, 6.45) is 0. The summed E-state index contributed by atoms with van der Waals surface area (Å²) in [6.45, 7) is 8.47. The van der Waals surface area contributed by atoms with Gasteiger partial charge in [-0.15, -0.1) is 22.7 Å². The molecule has 5 heteroatoms. The standard InChI is InChI=1S/C36H29BO2S2/c1-35(2)36(3,4)39-37(38-35)24-20-22(25-13-9-15-29-27-11-5-7-17-31(27)40-33(25)29)19-23(21-24)26-14-10-16-30-28-12-6-8-18-32(28)41-34(26)30/h5-21H,1-4H3. The van der Waals surface area contributed by atoms with Crippen molar-refractivity contribution in [2.75, 3.05) is 0 Å². The van der Waals surface area contributed by atoms with Crippen molar-refractivity contribution in [3.63, 3.8) is 0 Å². The highest BCUT2D eigenvalue weighted by atomic mass is 32.1. The van der Waals surface area contributed by atoms with E-state index in [2.05, 4.69) is 131 Å². The average Bonchev–Trinajstić information content (AvgIpc) is 3.61. The lowest BCUT2D eigenvalue weighted by atomic mass is 9.76. The second-order valence-corrected chi connectivity index (χ2v) is 14.1. The van der Waals surface area contributed by atoms with Crippen molar-refractivity contribution in [3.8, 4) is 22.3 Å². The Morgan fingerprint density at radius 1 is 0.512 bits per heavy atom. The van der Waals surface area contributed by atoms with Gasteiger partial charge in [0.15, 0.2) is 0 Å². The highest BCUT2D eigenvalue weighted by molar-refractivity contribution is 7.26. The summed E-state index contributed by atoms with van der Waals surface area (Å²) in [5.41, 5.74) is 5.08. The van der Waals surface area contributed by atoms with E-state index in [4.69, 9.17) is 9.31 Å². The highest BCUT2D eigenvalue weighted by Gasteiger charge is 2.51. The molecule has 0 atom stereocenters. The largest absolute Gasteiger partial charge is 0.494 e. The summed E-state index contributed by atoms with van der Waals surface area (Å²) in [5.74, 6) is 0. The van der Waals surface area contributed by atoms with Gasteiger partial charge in [-0.2, -0.15) is 0 Å². The molecular formula is C36H29BO2S2. The van der Waals surface area contributed by atoms with Gasteiger partial charge in [0.05, 0.1) is 11.2 Å². The van der Waals surface area contributed by atoms with Gasteiger partial charge in [0.25, 0.3) is 0 Å². The maximum absolute atomic E-state index is 6.59. The van der Waals surface area contributed by atoms with Gasteiger partial charge >= 0.3 is 7.12 Å². The van der Waals surface area contributed by atoms with E-state index < -0.39 is 18.3 Å². The van der Waals surface area contributed by atoms with Crippen LogP contribution in [0.2, 0.25) is 0 Å². The minimum absolute atomic E-state index is 0.412. The van der Waals surface area contributed by atoms with Gasteiger partial charge in [-0.25, -0.2) is 0 Å². The monoisotopic (exact) mass is 568 g/mol. The molecule has 0 radical (unpaired) electrons. The summed E-state index contributed by atoms with van der Waals surface area (Å²) in [7, 11) is -0.443. The van der Waals surface area contributed by atoms with Crippen LogP contribution < -0.4 is 5.46 Å². The van der Waals surface area contributed by atoms with Crippen LogP contribution in [0.4, 0.5) is 0 Å². The average molecular weight is 569 g/mol. The van der Waals surface area contributed by atoms with Gasteiger partial charge in [0.1, 0.15) is 0 Å². The highest BCUT2D eigenvalue weighted by Crippen LogP contribution is 2.44. The quantitative estimate of drug-likeness (QED) is 0.198. The van der Waals surface area contributed by atoms with E-state index in [1.165, 1.54) is 62.6 Å². The number of hydrogen-bond donors (Lipinski definition) is 0. The zero-order valence-electron chi connectivity index (χ0n) is 23.5. The van der Waals surface area contributed by atoms with Crippen LogP contribution in [0.25, 0.3) is 62.6 Å². The van der Waals surface area contributed by atoms with Crippen molar-refractivity contribution in [1.82, 2.24) is 0 Å². The summed E-state index contributed by atoms with van der Waals surface area (Å²) < 4.78 is 18.4. The van der Waals surface area contributed by atoms with Gasteiger partial charge < -0.3 is 9.31 Å². The third-order valence-corrected chi connectivity index (χ3v) is 11.4. The normalized spacial score (nSPS) is 16.4. The molecule has 0 saturated carbocycles. The second-order valence-electron chi connectivity index (χ2n) is 12.0. The molecular weight excluding hydrogens is 539 g/mol. The molecule has 0 amide bonds. The molecule has 0 aliphatic carbocycles.